The molecular formula is C20H24N2O3. The molecule has 2 aromatic carbocycles. The number of aryl methyl sites for hydroxylation is 1. The summed E-state index contributed by atoms with van der Waals surface area (Å²) in [5, 5.41) is 5.68. The van der Waals surface area contributed by atoms with E-state index in [9.17, 15) is 9.59 Å². The van der Waals surface area contributed by atoms with Crippen molar-refractivity contribution in [3.63, 3.8) is 0 Å². The summed E-state index contributed by atoms with van der Waals surface area (Å²) in [4.78, 5) is 23.6. The highest BCUT2D eigenvalue weighted by molar-refractivity contribution is 5.92. The SMILES string of the molecule is CCOC(=O)c1ccc(NC(=O)NC(C)CCc2ccccc2)cc1. The number of ether oxygens (including phenoxy) is 1. The van der Waals surface area contributed by atoms with Gasteiger partial charge in [0, 0.05) is 11.7 Å². The standard InChI is InChI=1S/C20H24N2O3/c1-3-25-19(23)17-11-13-18(14-12-17)22-20(24)21-15(2)9-10-16-7-5-4-6-8-16/h4-8,11-15H,3,9-10H2,1-2H3,(H2,21,22,24). The largest absolute Gasteiger partial charge is 0.462 e. The Morgan fingerprint density at radius 3 is 2.36 bits per heavy atom. The zero-order valence-electron chi connectivity index (χ0n) is 14.6. The molecule has 2 amide bonds. The van der Waals surface area contributed by atoms with Gasteiger partial charge in [0.05, 0.1) is 12.2 Å². The van der Waals surface area contributed by atoms with Gasteiger partial charge < -0.3 is 15.4 Å². The minimum atomic E-state index is -0.368. The number of hydrogen-bond acceptors (Lipinski definition) is 3. The molecule has 0 saturated carbocycles. The molecular weight excluding hydrogens is 316 g/mol. The topological polar surface area (TPSA) is 67.4 Å². The van der Waals surface area contributed by atoms with Gasteiger partial charge in [-0.3, -0.25) is 0 Å². The molecule has 1 atom stereocenters. The monoisotopic (exact) mass is 340 g/mol. The Bertz CT molecular complexity index is 684. The van der Waals surface area contributed by atoms with Gasteiger partial charge in [0.2, 0.25) is 0 Å². The van der Waals surface area contributed by atoms with Gasteiger partial charge in [-0.05, 0) is 56.5 Å². The Hall–Kier alpha value is -2.82. The van der Waals surface area contributed by atoms with Crippen LogP contribution in [0.3, 0.4) is 0 Å². The first-order valence-corrected chi connectivity index (χ1v) is 8.47. The van der Waals surface area contributed by atoms with Crippen LogP contribution in [0.4, 0.5) is 10.5 Å². The molecule has 0 radical (unpaired) electrons. The van der Waals surface area contributed by atoms with E-state index in [1.54, 1.807) is 31.2 Å². The van der Waals surface area contributed by atoms with E-state index in [4.69, 9.17) is 4.74 Å². The van der Waals surface area contributed by atoms with Crippen molar-refractivity contribution >= 4 is 17.7 Å². The smallest absolute Gasteiger partial charge is 0.338 e. The summed E-state index contributed by atoms with van der Waals surface area (Å²) in [5.41, 5.74) is 2.34. The van der Waals surface area contributed by atoms with Crippen molar-refractivity contribution < 1.29 is 14.3 Å². The van der Waals surface area contributed by atoms with Crippen LogP contribution in [0.1, 0.15) is 36.2 Å². The Labute approximate surface area is 148 Å². The maximum absolute atomic E-state index is 12.0. The van der Waals surface area contributed by atoms with Crippen molar-refractivity contribution in [1.29, 1.82) is 0 Å². The fourth-order valence-corrected chi connectivity index (χ4v) is 2.40. The molecule has 132 valence electrons. The van der Waals surface area contributed by atoms with E-state index in [0.29, 0.717) is 17.9 Å². The maximum atomic E-state index is 12.0. The molecule has 0 bridgehead atoms. The molecule has 2 rings (SSSR count). The van der Waals surface area contributed by atoms with Crippen LogP contribution in [0, 0.1) is 0 Å². The first-order chi connectivity index (χ1) is 12.1. The predicted octanol–water partition coefficient (Wildman–Crippen LogP) is 4.01. The van der Waals surface area contributed by atoms with E-state index in [1.165, 1.54) is 5.56 Å². The average molecular weight is 340 g/mol. The van der Waals surface area contributed by atoms with Crippen molar-refractivity contribution in [2.75, 3.05) is 11.9 Å². The van der Waals surface area contributed by atoms with Crippen molar-refractivity contribution in [3.8, 4) is 0 Å². The Morgan fingerprint density at radius 1 is 1.04 bits per heavy atom. The van der Waals surface area contributed by atoms with E-state index in [1.807, 2.05) is 25.1 Å². The molecule has 5 nitrogen and oxygen atoms in total. The minimum Gasteiger partial charge on any atom is -0.462 e. The Morgan fingerprint density at radius 2 is 1.72 bits per heavy atom. The number of rotatable bonds is 7. The zero-order chi connectivity index (χ0) is 18.1. The summed E-state index contributed by atoms with van der Waals surface area (Å²) in [5.74, 6) is -0.368. The van der Waals surface area contributed by atoms with E-state index in [-0.39, 0.29) is 18.0 Å². The summed E-state index contributed by atoms with van der Waals surface area (Å²) in [6.07, 6.45) is 1.77. The van der Waals surface area contributed by atoms with Crippen LogP contribution in [0.5, 0.6) is 0 Å². The number of nitrogens with one attached hydrogen (secondary N) is 2. The van der Waals surface area contributed by atoms with E-state index in [2.05, 4.69) is 22.8 Å². The summed E-state index contributed by atoms with van der Waals surface area (Å²) < 4.78 is 4.93. The number of carbonyl (C=O) groups excluding carboxylic acids is 2. The van der Waals surface area contributed by atoms with Crippen LogP contribution in [0.2, 0.25) is 0 Å². The third-order valence-electron chi connectivity index (χ3n) is 3.74. The number of benzene rings is 2. The lowest BCUT2D eigenvalue weighted by Gasteiger charge is -2.15. The number of hydrogen-bond donors (Lipinski definition) is 2. The second-order valence-electron chi connectivity index (χ2n) is 5.82. The number of esters is 1. The first-order valence-electron chi connectivity index (χ1n) is 8.47. The summed E-state index contributed by atoms with van der Waals surface area (Å²) >= 11 is 0. The van der Waals surface area contributed by atoms with Gasteiger partial charge in [-0.1, -0.05) is 30.3 Å². The van der Waals surface area contributed by atoms with Gasteiger partial charge in [-0.15, -0.1) is 0 Å². The van der Waals surface area contributed by atoms with Crippen LogP contribution >= 0.6 is 0 Å². The molecule has 2 aromatic rings. The van der Waals surface area contributed by atoms with Crippen LogP contribution < -0.4 is 10.6 Å². The average Bonchev–Trinajstić information content (AvgIpc) is 2.61. The highest BCUT2D eigenvalue weighted by Crippen LogP contribution is 2.11. The normalized spacial score (nSPS) is 11.4. The number of carbonyl (C=O) groups is 2. The Kier molecular flexibility index (Phi) is 7.01. The lowest BCUT2D eigenvalue weighted by molar-refractivity contribution is 0.0526. The number of anilines is 1. The minimum absolute atomic E-state index is 0.0546. The lowest BCUT2D eigenvalue weighted by Crippen LogP contribution is -2.36. The molecule has 0 aliphatic rings. The quantitative estimate of drug-likeness (QED) is 0.749. The molecule has 0 spiro atoms. The predicted molar refractivity (Wildman–Crippen MR) is 98.8 cm³/mol. The van der Waals surface area contributed by atoms with Gasteiger partial charge in [0.25, 0.3) is 0 Å². The lowest BCUT2D eigenvalue weighted by atomic mass is 10.1. The number of urea groups is 1. The Balaban J connectivity index is 1.78. The molecule has 0 aliphatic heterocycles. The molecule has 0 fully saturated rings. The van der Waals surface area contributed by atoms with Crippen LogP contribution in [0.15, 0.2) is 54.6 Å². The maximum Gasteiger partial charge on any atom is 0.338 e. The fraction of sp³-hybridized carbons (Fsp3) is 0.300. The number of amides is 2. The summed E-state index contributed by atoms with van der Waals surface area (Å²) in [6.45, 7) is 4.08. The molecule has 0 saturated heterocycles. The van der Waals surface area contributed by atoms with Crippen LogP contribution in [0.25, 0.3) is 0 Å². The molecule has 0 aromatic heterocycles. The first kappa shape index (κ1) is 18.5. The summed E-state index contributed by atoms with van der Waals surface area (Å²) in [7, 11) is 0. The highest BCUT2D eigenvalue weighted by atomic mass is 16.5. The zero-order valence-corrected chi connectivity index (χ0v) is 14.6. The molecule has 1 unspecified atom stereocenters. The second-order valence-corrected chi connectivity index (χ2v) is 5.82. The summed E-state index contributed by atoms with van der Waals surface area (Å²) in [6, 6.07) is 16.6. The van der Waals surface area contributed by atoms with Crippen molar-refractivity contribution in [1.82, 2.24) is 5.32 Å². The van der Waals surface area contributed by atoms with E-state index >= 15 is 0 Å². The van der Waals surface area contributed by atoms with Gasteiger partial charge in [-0.25, -0.2) is 9.59 Å². The third kappa shape index (κ3) is 6.30. The van der Waals surface area contributed by atoms with Gasteiger partial charge in [0.15, 0.2) is 0 Å². The molecule has 2 N–H and O–H groups in total. The van der Waals surface area contributed by atoms with Gasteiger partial charge >= 0.3 is 12.0 Å². The van der Waals surface area contributed by atoms with Gasteiger partial charge in [-0.2, -0.15) is 0 Å². The fourth-order valence-electron chi connectivity index (χ4n) is 2.40. The van der Waals surface area contributed by atoms with Crippen molar-refractivity contribution in [2.24, 2.45) is 0 Å². The van der Waals surface area contributed by atoms with Crippen molar-refractivity contribution in [2.45, 2.75) is 32.7 Å². The van der Waals surface area contributed by atoms with E-state index < -0.39 is 0 Å². The molecule has 25 heavy (non-hydrogen) atoms. The van der Waals surface area contributed by atoms with Crippen molar-refractivity contribution in [3.05, 3.63) is 65.7 Å². The van der Waals surface area contributed by atoms with Crippen LogP contribution in [-0.4, -0.2) is 24.6 Å². The molecule has 0 aliphatic carbocycles. The molecule has 0 heterocycles. The van der Waals surface area contributed by atoms with Gasteiger partial charge in [0.1, 0.15) is 0 Å². The van der Waals surface area contributed by atoms with E-state index in [0.717, 1.165) is 12.8 Å². The molecule has 5 heteroatoms. The van der Waals surface area contributed by atoms with Crippen LogP contribution in [-0.2, 0) is 11.2 Å². The third-order valence-corrected chi connectivity index (χ3v) is 3.74. The second kappa shape index (κ2) is 9.47. The highest BCUT2D eigenvalue weighted by Gasteiger charge is 2.09.